The van der Waals surface area contributed by atoms with Gasteiger partial charge in [-0.05, 0) is 38.5 Å². The van der Waals surface area contributed by atoms with Gasteiger partial charge in [-0.1, -0.05) is 0 Å². The molecule has 0 bridgehead atoms. The number of hydrogen-bond donors (Lipinski definition) is 3. The largest absolute Gasteiger partial charge is 0.481 e. The number of amides is 2. The third kappa shape index (κ3) is 5.92. The van der Waals surface area contributed by atoms with Gasteiger partial charge in [0, 0.05) is 32.2 Å². The molecule has 0 aromatic carbocycles. The van der Waals surface area contributed by atoms with Crippen LogP contribution < -0.4 is 5.32 Å². The Morgan fingerprint density at radius 2 is 2.00 bits per heavy atom. The summed E-state index contributed by atoms with van der Waals surface area (Å²) < 4.78 is 0. The molecule has 1 unspecified atom stereocenters. The minimum Gasteiger partial charge on any atom is -0.481 e. The highest BCUT2D eigenvalue weighted by atomic mass is 16.4. The van der Waals surface area contributed by atoms with Crippen molar-refractivity contribution in [1.82, 2.24) is 10.2 Å². The van der Waals surface area contributed by atoms with Crippen molar-refractivity contribution in [3.05, 3.63) is 0 Å². The zero-order valence-corrected chi connectivity index (χ0v) is 11.5. The number of piperidine rings is 1. The van der Waals surface area contributed by atoms with Crippen molar-refractivity contribution >= 4 is 12.0 Å². The summed E-state index contributed by atoms with van der Waals surface area (Å²) in [5.74, 6) is -0.485. The average molecular weight is 272 g/mol. The molecule has 19 heavy (non-hydrogen) atoms. The van der Waals surface area contributed by atoms with Gasteiger partial charge in [-0.3, -0.25) is 4.79 Å². The van der Waals surface area contributed by atoms with Crippen LogP contribution in [0.5, 0.6) is 0 Å². The fourth-order valence-electron chi connectivity index (χ4n) is 2.25. The Kier molecular flexibility index (Phi) is 6.62. The first kappa shape index (κ1) is 15.8. The Hall–Kier alpha value is -1.30. The van der Waals surface area contributed by atoms with E-state index in [9.17, 15) is 9.59 Å². The summed E-state index contributed by atoms with van der Waals surface area (Å²) in [6, 6.07) is -0.0957. The number of urea groups is 1. The molecule has 1 aliphatic rings. The van der Waals surface area contributed by atoms with Crippen LogP contribution in [0.25, 0.3) is 0 Å². The Balaban J connectivity index is 2.21. The van der Waals surface area contributed by atoms with Gasteiger partial charge >= 0.3 is 12.0 Å². The molecule has 0 radical (unpaired) electrons. The van der Waals surface area contributed by atoms with Gasteiger partial charge in [0.2, 0.25) is 0 Å². The Bertz CT molecular complexity index is 301. The van der Waals surface area contributed by atoms with Crippen molar-refractivity contribution in [1.29, 1.82) is 0 Å². The van der Waals surface area contributed by atoms with E-state index in [-0.39, 0.29) is 25.1 Å². The van der Waals surface area contributed by atoms with Crippen molar-refractivity contribution in [2.45, 2.75) is 45.1 Å². The fourth-order valence-corrected chi connectivity index (χ4v) is 2.25. The van der Waals surface area contributed by atoms with Crippen molar-refractivity contribution < 1.29 is 19.8 Å². The van der Waals surface area contributed by atoms with E-state index in [0.717, 1.165) is 12.8 Å². The lowest BCUT2D eigenvalue weighted by molar-refractivity contribution is -0.137. The Morgan fingerprint density at radius 3 is 2.53 bits per heavy atom. The summed E-state index contributed by atoms with van der Waals surface area (Å²) in [6.07, 6.45) is 3.07. The van der Waals surface area contributed by atoms with Crippen LogP contribution in [-0.2, 0) is 4.79 Å². The maximum atomic E-state index is 11.9. The number of carboxylic acids is 1. The van der Waals surface area contributed by atoms with E-state index in [0.29, 0.717) is 31.8 Å². The number of likely N-dealkylation sites (tertiary alicyclic amines) is 1. The Labute approximate surface area is 113 Å². The normalized spacial score (nSPS) is 18.1. The quantitative estimate of drug-likeness (QED) is 0.674. The van der Waals surface area contributed by atoms with Crippen molar-refractivity contribution in [3.8, 4) is 0 Å². The number of carbonyl (C=O) groups excluding carboxylic acids is 1. The predicted molar refractivity (Wildman–Crippen MR) is 70.9 cm³/mol. The zero-order chi connectivity index (χ0) is 14.3. The van der Waals surface area contributed by atoms with Gasteiger partial charge in [-0.25, -0.2) is 4.79 Å². The minimum atomic E-state index is -0.801. The van der Waals surface area contributed by atoms with Crippen LogP contribution in [0.3, 0.4) is 0 Å². The van der Waals surface area contributed by atoms with Crippen LogP contribution in [-0.4, -0.2) is 52.9 Å². The lowest BCUT2D eigenvalue weighted by Crippen LogP contribution is -2.47. The summed E-state index contributed by atoms with van der Waals surface area (Å²) in [4.78, 5) is 24.1. The second-order valence-electron chi connectivity index (χ2n) is 5.25. The standard InChI is InChI=1S/C13H24N2O4/c1-10(3-2-4-12(17)18)14-13(19)15-7-5-11(9-16)6-8-15/h10-11,16H,2-9H2,1H3,(H,14,19)(H,17,18). The lowest BCUT2D eigenvalue weighted by atomic mass is 9.98. The molecular weight excluding hydrogens is 248 g/mol. The molecule has 6 heteroatoms. The third-order valence-electron chi connectivity index (χ3n) is 3.56. The molecule has 0 saturated carbocycles. The van der Waals surface area contributed by atoms with E-state index in [1.54, 1.807) is 4.90 Å². The smallest absolute Gasteiger partial charge is 0.317 e. The van der Waals surface area contributed by atoms with Gasteiger partial charge in [0.1, 0.15) is 0 Å². The maximum absolute atomic E-state index is 11.9. The molecule has 1 saturated heterocycles. The molecule has 0 aromatic heterocycles. The molecule has 0 aliphatic carbocycles. The van der Waals surface area contributed by atoms with E-state index in [1.807, 2.05) is 6.92 Å². The number of carboxylic acid groups (broad SMARTS) is 1. The monoisotopic (exact) mass is 272 g/mol. The summed E-state index contributed by atoms with van der Waals surface area (Å²) >= 11 is 0. The summed E-state index contributed by atoms with van der Waals surface area (Å²) in [7, 11) is 0. The van der Waals surface area contributed by atoms with Gasteiger partial charge in [0.25, 0.3) is 0 Å². The summed E-state index contributed by atoms with van der Waals surface area (Å²) in [5.41, 5.74) is 0. The first-order valence-electron chi connectivity index (χ1n) is 6.91. The van der Waals surface area contributed by atoms with Crippen molar-refractivity contribution in [3.63, 3.8) is 0 Å². The fraction of sp³-hybridized carbons (Fsp3) is 0.846. The topological polar surface area (TPSA) is 89.9 Å². The first-order valence-corrected chi connectivity index (χ1v) is 6.91. The van der Waals surface area contributed by atoms with Crippen LogP contribution in [0, 0.1) is 5.92 Å². The molecule has 1 fully saturated rings. The highest BCUT2D eigenvalue weighted by Crippen LogP contribution is 2.16. The zero-order valence-electron chi connectivity index (χ0n) is 11.5. The first-order chi connectivity index (χ1) is 9.02. The number of rotatable bonds is 6. The Morgan fingerprint density at radius 1 is 1.37 bits per heavy atom. The van der Waals surface area contributed by atoms with Gasteiger partial charge in [-0.15, -0.1) is 0 Å². The molecule has 110 valence electrons. The summed E-state index contributed by atoms with van der Waals surface area (Å²) in [6.45, 7) is 3.44. The van der Waals surface area contributed by atoms with E-state index in [2.05, 4.69) is 5.32 Å². The van der Waals surface area contributed by atoms with E-state index in [1.165, 1.54) is 0 Å². The molecular formula is C13H24N2O4. The number of aliphatic hydroxyl groups is 1. The lowest BCUT2D eigenvalue weighted by Gasteiger charge is -2.32. The highest BCUT2D eigenvalue weighted by molar-refractivity contribution is 5.74. The SMILES string of the molecule is CC(CCCC(=O)O)NC(=O)N1CCC(CO)CC1. The maximum Gasteiger partial charge on any atom is 0.317 e. The number of nitrogens with one attached hydrogen (secondary N) is 1. The number of aliphatic carboxylic acids is 1. The minimum absolute atomic E-state index is 0.0117. The van der Waals surface area contributed by atoms with Crippen LogP contribution in [0.15, 0.2) is 0 Å². The van der Waals surface area contributed by atoms with E-state index < -0.39 is 5.97 Å². The number of aliphatic hydroxyl groups excluding tert-OH is 1. The number of nitrogens with zero attached hydrogens (tertiary/aromatic N) is 1. The van der Waals surface area contributed by atoms with Gasteiger partial charge < -0.3 is 20.4 Å². The van der Waals surface area contributed by atoms with Crippen molar-refractivity contribution in [2.24, 2.45) is 5.92 Å². The molecule has 0 spiro atoms. The van der Waals surface area contributed by atoms with E-state index >= 15 is 0 Å². The molecule has 3 N–H and O–H groups in total. The molecule has 1 aliphatic heterocycles. The average Bonchev–Trinajstić information content (AvgIpc) is 2.38. The molecule has 1 rings (SSSR count). The number of hydrogen-bond acceptors (Lipinski definition) is 3. The third-order valence-corrected chi connectivity index (χ3v) is 3.56. The van der Waals surface area contributed by atoms with Gasteiger partial charge in [0.05, 0.1) is 0 Å². The number of carbonyl (C=O) groups is 2. The van der Waals surface area contributed by atoms with Gasteiger partial charge in [0.15, 0.2) is 0 Å². The second kappa shape index (κ2) is 7.99. The van der Waals surface area contributed by atoms with E-state index in [4.69, 9.17) is 10.2 Å². The highest BCUT2D eigenvalue weighted by Gasteiger charge is 2.22. The van der Waals surface area contributed by atoms with Crippen LogP contribution in [0.4, 0.5) is 4.79 Å². The summed E-state index contributed by atoms with van der Waals surface area (Å²) in [5, 5.41) is 20.5. The molecule has 2 amide bonds. The van der Waals surface area contributed by atoms with Gasteiger partial charge in [-0.2, -0.15) is 0 Å². The molecule has 1 atom stereocenters. The van der Waals surface area contributed by atoms with Crippen LogP contribution in [0.1, 0.15) is 39.0 Å². The molecule has 0 aromatic rings. The molecule has 6 nitrogen and oxygen atoms in total. The predicted octanol–water partition coefficient (Wildman–Crippen LogP) is 1.04. The van der Waals surface area contributed by atoms with Crippen molar-refractivity contribution in [2.75, 3.05) is 19.7 Å². The molecule has 1 heterocycles. The van der Waals surface area contributed by atoms with Crippen LogP contribution >= 0.6 is 0 Å². The second-order valence-corrected chi connectivity index (χ2v) is 5.25. The van der Waals surface area contributed by atoms with Crippen LogP contribution in [0.2, 0.25) is 0 Å².